The van der Waals surface area contributed by atoms with E-state index in [1.807, 2.05) is 0 Å². The number of hydrogen-bond acceptors (Lipinski definition) is 4. The number of rotatable bonds is 7. The van der Waals surface area contributed by atoms with Gasteiger partial charge < -0.3 is 20.5 Å². The quantitative estimate of drug-likeness (QED) is 0.646. The molecule has 0 bridgehead atoms. The second kappa shape index (κ2) is 7.22. The molecule has 2 fully saturated rings. The van der Waals surface area contributed by atoms with Crippen LogP contribution in [0.3, 0.4) is 0 Å². The van der Waals surface area contributed by atoms with Crippen LogP contribution in [0.25, 0.3) is 0 Å². The van der Waals surface area contributed by atoms with Crippen LogP contribution in [0.2, 0.25) is 0 Å². The van der Waals surface area contributed by atoms with Gasteiger partial charge in [0.05, 0.1) is 24.5 Å². The van der Waals surface area contributed by atoms with E-state index in [0.29, 0.717) is 26.1 Å². The van der Waals surface area contributed by atoms with E-state index in [9.17, 15) is 14.7 Å². The number of nitrogens with one attached hydrogen (secondary N) is 2. The molecule has 1 saturated heterocycles. The summed E-state index contributed by atoms with van der Waals surface area (Å²) < 4.78 is 5.39. The first-order valence-electron chi connectivity index (χ1n) is 7.91. The Balaban J connectivity index is 1.87. The lowest BCUT2D eigenvalue weighted by Gasteiger charge is -2.26. The van der Waals surface area contributed by atoms with Crippen LogP contribution < -0.4 is 10.6 Å². The Morgan fingerprint density at radius 1 is 1.29 bits per heavy atom. The van der Waals surface area contributed by atoms with E-state index >= 15 is 0 Å². The zero-order valence-corrected chi connectivity index (χ0v) is 12.7. The van der Waals surface area contributed by atoms with E-state index in [2.05, 4.69) is 17.6 Å². The van der Waals surface area contributed by atoms with Gasteiger partial charge in [-0.05, 0) is 25.8 Å². The van der Waals surface area contributed by atoms with Crippen molar-refractivity contribution in [3.05, 3.63) is 0 Å². The van der Waals surface area contributed by atoms with E-state index in [4.69, 9.17) is 4.74 Å². The molecule has 0 spiro atoms. The second-order valence-electron chi connectivity index (χ2n) is 6.21. The fourth-order valence-electron chi connectivity index (χ4n) is 3.25. The maximum absolute atomic E-state index is 12.3. The molecule has 2 atom stereocenters. The van der Waals surface area contributed by atoms with E-state index in [1.54, 1.807) is 0 Å². The highest BCUT2D eigenvalue weighted by Gasteiger charge is 2.42. The first-order valence-corrected chi connectivity index (χ1v) is 7.91. The van der Waals surface area contributed by atoms with Gasteiger partial charge in [-0.15, -0.1) is 0 Å². The average Bonchev–Trinajstić information content (AvgIpc) is 3.12. The molecule has 1 saturated carbocycles. The average molecular weight is 298 g/mol. The highest BCUT2D eigenvalue weighted by molar-refractivity contribution is 5.81. The van der Waals surface area contributed by atoms with Gasteiger partial charge in [0.15, 0.2) is 0 Å². The van der Waals surface area contributed by atoms with Crippen molar-refractivity contribution >= 4 is 11.9 Å². The van der Waals surface area contributed by atoms with Gasteiger partial charge in [-0.1, -0.05) is 19.8 Å². The molecule has 120 valence electrons. The zero-order valence-electron chi connectivity index (χ0n) is 12.7. The smallest absolute Gasteiger partial charge is 0.311 e. The summed E-state index contributed by atoms with van der Waals surface area (Å²) in [5, 5.41) is 15.6. The molecule has 1 aliphatic carbocycles. The summed E-state index contributed by atoms with van der Waals surface area (Å²) in [6, 6.07) is 0.0364. The minimum atomic E-state index is -0.788. The number of hydrogen-bond donors (Lipinski definition) is 3. The monoisotopic (exact) mass is 298 g/mol. The summed E-state index contributed by atoms with van der Waals surface area (Å²) in [5.74, 6) is -1.10. The van der Waals surface area contributed by atoms with Crippen LogP contribution in [0, 0.1) is 11.3 Å². The fourth-order valence-corrected chi connectivity index (χ4v) is 3.25. The third-order valence-electron chi connectivity index (χ3n) is 4.69. The van der Waals surface area contributed by atoms with Crippen LogP contribution in [-0.2, 0) is 14.3 Å². The minimum absolute atomic E-state index is 0.0364. The van der Waals surface area contributed by atoms with Crippen molar-refractivity contribution in [2.75, 3.05) is 26.3 Å². The van der Waals surface area contributed by atoms with Gasteiger partial charge in [0.25, 0.3) is 0 Å². The Hall–Kier alpha value is -1.14. The third kappa shape index (κ3) is 3.74. The number of aliphatic carboxylic acids is 1. The van der Waals surface area contributed by atoms with E-state index in [1.165, 1.54) is 0 Å². The topological polar surface area (TPSA) is 87.7 Å². The Morgan fingerprint density at radius 2 is 2.00 bits per heavy atom. The van der Waals surface area contributed by atoms with E-state index < -0.39 is 11.4 Å². The second-order valence-corrected chi connectivity index (χ2v) is 6.21. The molecule has 2 unspecified atom stereocenters. The molecule has 1 amide bonds. The Bertz CT molecular complexity index is 380. The van der Waals surface area contributed by atoms with E-state index in [0.717, 1.165) is 25.8 Å². The molecule has 2 rings (SSSR count). The zero-order chi connectivity index (χ0) is 15.3. The van der Waals surface area contributed by atoms with Crippen LogP contribution in [0.4, 0.5) is 0 Å². The third-order valence-corrected chi connectivity index (χ3v) is 4.69. The standard InChI is InChI=1S/C15H26N2O4/c1-2-7-16-12-9-21-8-11(12)13(18)17-10-15(14(19)20)5-3-4-6-15/h11-12,16H,2-10H2,1H3,(H,17,18)(H,19,20). The fraction of sp³-hybridized carbons (Fsp3) is 0.867. The largest absolute Gasteiger partial charge is 0.481 e. The van der Waals surface area contributed by atoms with Crippen molar-refractivity contribution in [3.63, 3.8) is 0 Å². The van der Waals surface area contributed by atoms with Crippen molar-refractivity contribution in [1.82, 2.24) is 10.6 Å². The normalized spacial score (nSPS) is 27.7. The summed E-state index contributed by atoms with van der Waals surface area (Å²) in [4.78, 5) is 23.8. The minimum Gasteiger partial charge on any atom is -0.481 e. The maximum atomic E-state index is 12.3. The summed E-state index contributed by atoms with van der Waals surface area (Å²) >= 11 is 0. The Kier molecular flexibility index (Phi) is 5.58. The first kappa shape index (κ1) is 16.2. The number of carboxylic acids is 1. The number of carbonyl (C=O) groups is 2. The lowest BCUT2D eigenvalue weighted by molar-refractivity contribution is -0.148. The summed E-state index contributed by atoms with van der Waals surface area (Å²) in [6.45, 7) is 4.12. The molecule has 6 heteroatoms. The summed E-state index contributed by atoms with van der Waals surface area (Å²) in [5.41, 5.74) is -0.762. The van der Waals surface area contributed by atoms with Crippen LogP contribution in [0.5, 0.6) is 0 Å². The molecular formula is C15H26N2O4. The van der Waals surface area contributed by atoms with Gasteiger partial charge in [-0.25, -0.2) is 0 Å². The molecule has 0 radical (unpaired) electrons. The van der Waals surface area contributed by atoms with Crippen molar-refractivity contribution < 1.29 is 19.4 Å². The Labute approximate surface area is 125 Å². The van der Waals surface area contributed by atoms with Gasteiger partial charge in [0, 0.05) is 12.6 Å². The van der Waals surface area contributed by atoms with Crippen LogP contribution in [0.1, 0.15) is 39.0 Å². The van der Waals surface area contributed by atoms with Gasteiger partial charge in [0.1, 0.15) is 0 Å². The highest BCUT2D eigenvalue weighted by atomic mass is 16.5. The van der Waals surface area contributed by atoms with E-state index in [-0.39, 0.29) is 24.4 Å². The van der Waals surface area contributed by atoms with Gasteiger partial charge >= 0.3 is 5.97 Å². The number of ether oxygens (including phenoxy) is 1. The van der Waals surface area contributed by atoms with Gasteiger partial charge in [0.2, 0.25) is 5.91 Å². The molecule has 2 aliphatic rings. The number of carboxylic acid groups (broad SMARTS) is 1. The van der Waals surface area contributed by atoms with Gasteiger partial charge in [-0.2, -0.15) is 0 Å². The van der Waals surface area contributed by atoms with Crippen LogP contribution in [-0.4, -0.2) is 49.3 Å². The maximum Gasteiger partial charge on any atom is 0.311 e. The molecule has 1 aliphatic heterocycles. The van der Waals surface area contributed by atoms with Crippen molar-refractivity contribution in [2.24, 2.45) is 11.3 Å². The highest BCUT2D eigenvalue weighted by Crippen LogP contribution is 2.37. The lowest BCUT2D eigenvalue weighted by Crippen LogP contribution is -2.48. The molecule has 3 N–H and O–H groups in total. The molecule has 0 aromatic heterocycles. The SMILES string of the molecule is CCCNC1COCC1C(=O)NCC1(C(=O)O)CCCC1. The van der Waals surface area contributed by atoms with Gasteiger partial charge in [-0.3, -0.25) is 9.59 Å². The first-order chi connectivity index (χ1) is 10.1. The van der Waals surface area contributed by atoms with Crippen molar-refractivity contribution in [2.45, 2.75) is 45.1 Å². The Morgan fingerprint density at radius 3 is 2.62 bits per heavy atom. The molecular weight excluding hydrogens is 272 g/mol. The molecule has 0 aromatic carbocycles. The number of carbonyl (C=O) groups excluding carboxylic acids is 1. The van der Waals surface area contributed by atoms with Crippen molar-refractivity contribution in [3.8, 4) is 0 Å². The molecule has 1 heterocycles. The number of amides is 1. The van der Waals surface area contributed by atoms with Crippen molar-refractivity contribution in [1.29, 1.82) is 0 Å². The molecule has 21 heavy (non-hydrogen) atoms. The molecule has 6 nitrogen and oxygen atoms in total. The predicted octanol–water partition coefficient (Wildman–Crippen LogP) is 0.762. The van der Waals surface area contributed by atoms with Crippen LogP contribution >= 0.6 is 0 Å². The lowest BCUT2D eigenvalue weighted by atomic mass is 9.86. The predicted molar refractivity (Wildman–Crippen MR) is 77.9 cm³/mol. The summed E-state index contributed by atoms with van der Waals surface area (Å²) in [7, 11) is 0. The van der Waals surface area contributed by atoms with Crippen LogP contribution in [0.15, 0.2) is 0 Å². The molecule has 0 aromatic rings. The summed E-state index contributed by atoms with van der Waals surface area (Å²) in [6.07, 6.45) is 4.17.